The number of allylic oxidation sites excluding steroid dienone is 5. The van der Waals surface area contributed by atoms with Crippen molar-refractivity contribution in [3.05, 3.63) is 36.5 Å². The van der Waals surface area contributed by atoms with E-state index in [1.54, 1.807) is 6.08 Å². The molecule has 1 aliphatic heterocycles. The van der Waals surface area contributed by atoms with Crippen molar-refractivity contribution in [2.75, 3.05) is 13.2 Å². The summed E-state index contributed by atoms with van der Waals surface area (Å²) in [6, 6.07) is -0.979. The molecule has 0 aromatic rings. The predicted molar refractivity (Wildman–Crippen MR) is 282 cm³/mol. The molecule has 1 saturated heterocycles. The fraction of sp³-hybridized carbons (Fsp3) is 0.879. The van der Waals surface area contributed by atoms with Crippen molar-refractivity contribution in [2.45, 2.75) is 313 Å². The Bertz CT molecular complexity index is 1180. The van der Waals surface area contributed by atoms with E-state index >= 15 is 0 Å². The summed E-state index contributed by atoms with van der Waals surface area (Å²) in [6.07, 6.45) is 51.1. The molecule has 7 N–H and O–H groups in total. The normalized spacial score (nSPS) is 20.3. The molecule has 0 bridgehead atoms. The lowest BCUT2D eigenvalue weighted by Gasteiger charge is -2.40. The largest absolute Gasteiger partial charge is 0.394 e. The van der Waals surface area contributed by atoms with Crippen LogP contribution in [0, 0.1) is 0 Å². The maximum Gasteiger partial charge on any atom is 0.249 e. The minimum absolute atomic E-state index is 0.304. The maximum atomic E-state index is 13.1. The Labute approximate surface area is 417 Å². The first-order valence-electron chi connectivity index (χ1n) is 28.8. The summed E-state index contributed by atoms with van der Waals surface area (Å²) in [7, 11) is 0. The Morgan fingerprint density at radius 1 is 0.515 bits per heavy atom. The van der Waals surface area contributed by atoms with E-state index in [-0.39, 0.29) is 6.61 Å². The fourth-order valence-corrected chi connectivity index (χ4v) is 9.14. The van der Waals surface area contributed by atoms with Crippen molar-refractivity contribution < 1.29 is 44.9 Å². The molecule has 1 fully saturated rings. The molecule has 10 nitrogen and oxygen atoms in total. The van der Waals surface area contributed by atoms with Gasteiger partial charge in [0.25, 0.3) is 0 Å². The van der Waals surface area contributed by atoms with Gasteiger partial charge in [0, 0.05) is 0 Å². The summed E-state index contributed by atoms with van der Waals surface area (Å²) in [5.41, 5.74) is 0. The van der Waals surface area contributed by atoms with E-state index in [1.807, 2.05) is 6.08 Å². The summed E-state index contributed by atoms with van der Waals surface area (Å²) >= 11 is 0. The van der Waals surface area contributed by atoms with Gasteiger partial charge >= 0.3 is 0 Å². The number of carbonyl (C=O) groups excluding carboxylic acids is 1. The van der Waals surface area contributed by atoms with Gasteiger partial charge in [0.05, 0.1) is 25.4 Å². The van der Waals surface area contributed by atoms with Gasteiger partial charge in [-0.3, -0.25) is 4.79 Å². The molecule has 1 rings (SSSR count). The third kappa shape index (κ3) is 36.3. The molecule has 0 aromatic heterocycles. The molecule has 0 spiro atoms. The summed E-state index contributed by atoms with van der Waals surface area (Å²) in [5.74, 6) is -0.615. The van der Waals surface area contributed by atoms with Gasteiger partial charge in [0.2, 0.25) is 5.91 Å². The Kier molecular flexibility index (Phi) is 45.1. The number of hydrogen-bond donors (Lipinski definition) is 7. The molecule has 0 aromatic carbocycles. The molecule has 0 saturated carbocycles. The van der Waals surface area contributed by atoms with Crippen LogP contribution in [0.25, 0.3) is 0 Å². The van der Waals surface area contributed by atoms with E-state index in [9.17, 15) is 35.4 Å². The average molecular weight is 965 g/mol. The zero-order valence-corrected chi connectivity index (χ0v) is 44.0. The fourth-order valence-electron chi connectivity index (χ4n) is 9.14. The van der Waals surface area contributed by atoms with Crippen LogP contribution < -0.4 is 5.32 Å². The number of ether oxygens (including phenoxy) is 2. The standard InChI is InChI=1S/C58H109NO9/c1-3-5-7-9-11-13-15-17-18-19-20-21-22-23-24-25-26-27-28-29-30-31-32-33-35-37-39-41-43-45-47-52(62)57(66)59-50(49-67-58-56(65)55(64)54(63)53(48-60)68-58)51(61)46-44-42-40-38-36-34-16-14-12-10-8-6-4-2/h20-21,23-24,44,46,50-56,58,60-65H,3-19,22,25-43,45,47-49H2,1-2H3,(H,59,66)/b21-20-,24-23-,46-44+. The highest BCUT2D eigenvalue weighted by atomic mass is 16.7. The van der Waals surface area contributed by atoms with Gasteiger partial charge < -0.3 is 45.4 Å². The molecular formula is C58H109NO9. The monoisotopic (exact) mass is 964 g/mol. The summed E-state index contributed by atoms with van der Waals surface area (Å²) < 4.78 is 11.2. The van der Waals surface area contributed by atoms with Crippen molar-refractivity contribution in [1.29, 1.82) is 0 Å². The second-order valence-corrected chi connectivity index (χ2v) is 20.2. The molecular weight excluding hydrogens is 855 g/mol. The third-order valence-electron chi connectivity index (χ3n) is 13.8. The molecule has 0 aliphatic carbocycles. The highest BCUT2D eigenvalue weighted by molar-refractivity contribution is 5.80. The van der Waals surface area contributed by atoms with Crippen LogP contribution in [-0.4, -0.2) is 98.7 Å². The lowest BCUT2D eigenvalue weighted by atomic mass is 9.99. The number of rotatable bonds is 49. The average Bonchev–Trinajstić information content (AvgIpc) is 3.34. The molecule has 8 unspecified atom stereocenters. The van der Waals surface area contributed by atoms with Crippen LogP contribution in [0.4, 0.5) is 0 Å². The van der Waals surface area contributed by atoms with Gasteiger partial charge in [-0.05, 0) is 51.4 Å². The number of hydrogen-bond acceptors (Lipinski definition) is 9. The lowest BCUT2D eigenvalue weighted by Crippen LogP contribution is -2.60. The van der Waals surface area contributed by atoms with Crippen molar-refractivity contribution >= 4 is 5.91 Å². The van der Waals surface area contributed by atoms with E-state index in [0.29, 0.717) is 6.42 Å². The topological polar surface area (TPSA) is 169 Å². The van der Waals surface area contributed by atoms with Gasteiger partial charge in [-0.2, -0.15) is 0 Å². The van der Waals surface area contributed by atoms with Crippen LogP contribution in [0.3, 0.4) is 0 Å². The quantitative estimate of drug-likeness (QED) is 0.0232. The Hall–Kier alpha value is -1.63. The molecule has 1 heterocycles. The highest BCUT2D eigenvalue weighted by Gasteiger charge is 2.44. The molecule has 8 atom stereocenters. The zero-order chi connectivity index (χ0) is 49.6. The molecule has 1 aliphatic rings. The first-order valence-corrected chi connectivity index (χ1v) is 28.8. The summed E-state index contributed by atoms with van der Waals surface area (Å²) in [6.45, 7) is 3.62. The minimum atomic E-state index is -1.61. The number of nitrogens with one attached hydrogen (secondary N) is 1. The second kappa shape index (κ2) is 47.7. The number of amides is 1. The van der Waals surface area contributed by atoms with Gasteiger partial charge in [-0.1, -0.05) is 249 Å². The van der Waals surface area contributed by atoms with Gasteiger partial charge in [0.15, 0.2) is 6.29 Å². The van der Waals surface area contributed by atoms with Crippen molar-refractivity contribution in [3.8, 4) is 0 Å². The van der Waals surface area contributed by atoms with Crippen LogP contribution in [0.2, 0.25) is 0 Å². The molecule has 0 radical (unpaired) electrons. The van der Waals surface area contributed by atoms with Crippen LogP contribution in [0.5, 0.6) is 0 Å². The molecule has 68 heavy (non-hydrogen) atoms. The van der Waals surface area contributed by atoms with E-state index in [0.717, 1.165) is 51.4 Å². The SMILES string of the molecule is CCCCCCCCCCC/C=C\C/C=C\CCCCCCCCCCCCCCCCC(O)C(=O)NC(COC1OC(CO)C(O)C(O)C1O)C(O)/C=C/CCCCCCCCCCCCC. The van der Waals surface area contributed by atoms with Gasteiger partial charge in [-0.15, -0.1) is 0 Å². The minimum Gasteiger partial charge on any atom is -0.394 e. The van der Waals surface area contributed by atoms with E-state index < -0.39 is 61.5 Å². The van der Waals surface area contributed by atoms with Crippen molar-refractivity contribution in [3.63, 3.8) is 0 Å². The first-order chi connectivity index (χ1) is 33.3. The number of unbranched alkanes of at least 4 members (excludes halogenated alkanes) is 34. The smallest absolute Gasteiger partial charge is 0.249 e. The maximum absolute atomic E-state index is 13.1. The van der Waals surface area contributed by atoms with Crippen LogP contribution >= 0.6 is 0 Å². The Morgan fingerprint density at radius 2 is 0.897 bits per heavy atom. The number of aliphatic hydroxyl groups is 6. The van der Waals surface area contributed by atoms with Crippen LogP contribution in [0.1, 0.15) is 264 Å². The number of aliphatic hydroxyl groups excluding tert-OH is 6. The third-order valence-corrected chi connectivity index (χ3v) is 13.8. The highest BCUT2D eigenvalue weighted by Crippen LogP contribution is 2.23. The van der Waals surface area contributed by atoms with Crippen LogP contribution in [-0.2, 0) is 14.3 Å². The van der Waals surface area contributed by atoms with Gasteiger partial charge in [-0.25, -0.2) is 0 Å². The number of carbonyl (C=O) groups is 1. The molecule has 1 amide bonds. The first kappa shape index (κ1) is 64.4. The second-order valence-electron chi connectivity index (χ2n) is 20.2. The van der Waals surface area contributed by atoms with Gasteiger partial charge in [0.1, 0.15) is 30.5 Å². The Balaban J connectivity index is 2.19. The molecule has 10 heteroatoms. The zero-order valence-electron chi connectivity index (χ0n) is 44.0. The van der Waals surface area contributed by atoms with E-state index in [2.05, 4.69) is 43.5 Å². The van der Waals surface area contributed by atoms with E-state index in [1.165, 1.54) is 193 Å². The summed E-state index contributed by atoms with van der Waals surface area (Å²) in [5, 5.41) is 64.9. The molecule has 400 valence electrons. The Morgan fingerprint density at radius 3 is 1.31 bits per heavy atom. The predicted octanol–water partition coefficient (Wildman–Crippen LogP) is 12.9. The van der Waals surface area contributed by atoms with Crippen LogP contribution in [0.15, 0.2) is 36.5 Å². The van der Waals surface area contributed by atoms with Crippen molar-refractivity contribution in [1.82, 2.24) is 5.32 Å². The lowest BCUT2D eigenvalue weighted by molar-refractivity contribution is -0.302. The van der Waals surface area contributed by atoms with Crippen molar-refractivity contribution in [2.24, 2.45) is 0 Å². The summed E-state index contributed by atoms with van der Waals surface area (Å²) in [4.78, 5) is 13.1. The van der Waals surface area contributed by atoms with E-state index in [4.69, 9.17) is 9.47 Å².